The minimum absolute atomic E-state index is 0.877. The van der Waals surface area contributed by atoms with E-state index in [0.717, 1.165) is 33.8 Å². The maximum Gasteiger partial charge on any atom is 0.130 e. The van der Waals surface area contributed by atoms with E-state index >= 15 is 0 Å². The molecule has 4 aromatic rings. The lowest BCUT2D eigenvalue weighted by Gasteiger charge is -2.14. The van der Waals surface area contributed by atoms with Gasteiger partial charge in [0, 0.05) is 0 Å². The smallest absolute Gasteiger partial charge is 0.130 e. The van der Waals surface area contributed by atoms with E-state index < -0.39 is 0 Å². The first kappa shape index (κ1) is 20.4. The van der Waals surface area contributed by atoms with Crippen LogP contribution in [0.4, 0.5) is 0 Å². The SMILES string of the molecule is Cc1c(C=Cc2ccccc2)cccc1Oc1cccc(C=Cc2ccccc2)c1C. The Balaban J connectivity index is 1.57. The Labute approximate surface area is 185 Å². The summed E-state index contributed by atoms with van der Waals surface area (Å²) < 4.78 is 6.36. The molecule has 152 valence electrons. The molecule has 0 spiro atoms. The van der Waals surface area contributed by atoms with Crippen LogP contribution in [-0.2, 0) is 0 Å². The molecule has 0 aliphatic heterocycles. The molecule has 4 aromatic carbocycles. The molecule has 0 aromatic heterocycles. The summed E-state index contributed by atoms with van der Waals surface area (Å²) in [7, 11) is 0. The second kappa shape index (κ2) is 9.77. The molecule has 31 heavy (non-hydrogen) atoms. The van der Waals surface area contributed by atoms with Crippen LogP contribution in [-0.4, -0.2) is 0 Å². The third-order valence-corrected chi connectivity index (χ3v) is 5.38. The molecule has 0 bridgehead atoms. The van der Waals surface area contributed by atoms with Gasteiger partial charge in [-0.2, -0.15) is 0 Å². The van der Waals surface area contributed by atoms with Crippen molar-refractivity contribution in [3.8, 4) is 11.5 Å². The highest BCUT2D eigenvalue weighted by atomic mass is 16.5. The van der Waals surface area contributed by atoms with Crippen molar-refractivity contribution in [2.45, 2.75) is 13.8 Å². The average molecular weight is 403 g/mol. The third kappa shape index (κ3) is 5.21. The van der Waals surface area contributed by atoms with E-state index in [2.05, 4.69) is 74.5 Å². The van der Waals surface area contributed by atoms with Gasteiger partial charge in [0.25, 0.3) is 0 Å². The third-order valence-electron chi connectivity index (χ3n) is 5.38. The van der Waals surface area contributed by atoms with Crippen molar-refractivity contribution >= 4 is 24.3 Å². The highest BCUT2D eigenvalue weighted by Crippen LogP contribution is 2.32. The van der Waals surface area contributed by atoms with Gasteiger partial charge in [-0.1, -0.05) is 109 Å². The summed E-state index contributed by atoms with van der Waals surface area (Å²) in [5, 5.41) is 0. The Morgan fingerprint density at radius 3 is 1.29 bits per heavy atom. The van der Waals surface area contributed by atoms with E-state index in [0.29, 0.717) is 0 Å². The van der Waals surface area contributed by atoms with Crippen LogP contribution in [0.2, 0.25) is 0 Å². The number of hydrogen-bond donors (Lipinski definition) is 0. The molecule has 0 N–H and O–H groups in total. The molecule has 0 unspecified atom stereocenters. The molecule has 0 radical (unpaired) electrons. The van der Waals surface area contributed by atoms with Gasteiger partial charge in [0.15, 0.2) is 0 Å². The summed E-state index contributed by atoms with van der Waals surface area (Å²) in [6.45, 7) is 4.21. The van der Waals surface area contributed by atoms with E-state index in [-0.39, 0.29) is 0 Å². The van der Waals surface area contributed by atoms with Crippen LogP contribution in [0.5, 0.6) is 11.5 Å². The number of benzene rings is 4. The topological polar surface area (TPSA) is 9.23 Å². The molecule has 0 fully saturated rings. The molecule has 1 heteroatoms. The van der Waals surface area contributed by atoms with E-state index in [1.807, 2.05) is 60.7 Å². The quantitative estimate of drug-likeness (QED) is 0.294. The molecule has 0 saturated heterocycles. The van der Waals surface area contributed by atoms with Crippen molar-refractivity contribution in [1.29, 1.82) is 0 Å². The van der Waals surface area contributed by atoms with Crippen molar-refractivity contribution in [1.82, 2.24) is 0 Å². The Morgan fingerprint density at radius 2 is 0.871 bits per heavy atom. The summed E-state index contributed by atoms with van der Waals surface area (Å²) >= 11 is 0. The van der Waals surface area contributed by atoms with Gasteiger partial charge in [-0.15, -0.1) is 0 Å². The molecular weight excluding hydrogens is 376 g/mol. The predicted molar refractivity (Wildman–Crippen MR) is 133 cm³/mol. The zero-order chi connectivity index (χ0) is 21.5. The van der Waals surface area contributed by atoms with Crippen molar-refractivity contribution < 1.29 is 4.74 Å². The van der Waals surface area contributed by atoms with Crippen LogP contribution in [0.25, 0.3) is 24.3 Å². The summed E-state index contributed by atoms with van der Waals surface area (Å²) in [4.78, 5) is 0. The molecule has 0 atom stereocenters. The predicted octanol–water partition coefficient (Wildman–Crippen LogP) is 8.44. The molecule has 1 nitrogen and oxygen atoms in total. The lowest BCUT2D eigenvalue weighted by molar-refractivity contribution is 0.475. The van der Waals surface area contributed by atoms with Crippen LogP contribution in [0.1, 0.15) is 33.4 Å². The van der Waals surface area contributed by atoms with E-state index in [1.54, 1.807) is 0 Å². The van der Waals surface area contributed by atoms with Gasteiger partial charge >= 0.3 is 0 Å². The number of rotatable bonds is 6. The minimum Gasteiger partial charge on any atom is -0.457 e. The fourth-order valence-corrected chi connectivity index (χ4v) is 3.46. The second-order valence-corrected chi connectivity index (χ2v) is 7.53. The maximum absolute atomic E-state index is 6.36. The second-order valence-electron chi connectivity index (χ2n) is 7.53. The molecular formula is C30H26O. The molecule has 0 amide bonds. The van der Waals surface area contributed by atoms with Crippen molar-refractivity contribution in [3.63, 3.8) is 0 Å². The van der Waals surface area contributed by atoms with Crippen LogP contribution in [0, 0.1) is 13.8 Å². The highest BCUT2D eigenvalue weighted by Gasteiger charge is 2.08. The van der Waals surface area contributed by atoms with Crippen molar-refractivity contribution in [2.75, 3.05) is 0 Å². The summed E-state index contributed by atoms with van der Waals surface area (Å²) in [5.41, 5.74) is 6.92. The first-order chi connectivity index (χ1) is 15.2. The van der Waals surface area contributed by atoms with Crippen LogP contribution in [0.15, 0.2) is 97.1 Å². The largest absolute Gasteiger partial charge is 0.457 e. The van der Waals surface area contributed by atoms with Crippen molar-refractivity contribution in [3.05, 3.63) is 130 Å². The summed E-state index contributed by atoms with van der Waals surface area (Å²) in [6, 6.07) is 33.0. The van der Waals surface area contributed by atoms with E-state index in [4.69, 9.17) is 4.74 Å². The van der Waals surface area contributed by atoms with Gasteiger partial charge in [-0.25, -0.2) is 0 Å². The van der Waals surface area contributed by atoms with Gasteiger partial charge in [0.2, 0.25) is 0 Å². The Morgan fingerprint density at radius 1 is 0.452 bits per heavy atom. The molecule has 0 aliphatic rings. The fraction of sp³-hybridized carbons (Fsp3) is 0.0667. The zero-order valence-corrected chi connectivity index (χ0v) is 18.0. The number of ether oxygens (including phenoxy) is 1. The van der Waals surface area contributed by atoms with Crippen LogP contribution >= 0.6 is 0 Å². The average Bonchev–Trinajstić information content (AvgIpc) is 2.81. The molecule has 0 saturated carbocycles. The first-order valence-corrected chi connectivity index (χ1v) is 10.5. The Kier molecular flexibility index (Phi) is 6.44. The summed E-state index contributed by atoms with van der Waals surface area (Å²) in [6.07, 6.45) is 8.55. The van der Waals surface area contributed by atoms with E-state index in [1.165, 1.54) is 11.1 Å². The normalized spacial score (nSPS) is 11.3. The Hall–Kier alpha value is -3.84. The fourth-order valence-electron chi connectivity index (χ4n) is 3.46. The van der Waals surface area contributed by atoms with Gasteiger partial charge < -0.3 is 4.74 Å². The van der Waals surface area contributed by atoms with Crippen molar-refractivity contribution in [2.24, 2.45) is 0 Å². The van der Waals surface area contributed by atoms with Gasteiger partial charge in [0.1, 0.15) is 11.5 Å². The van der Waals surface area contributed by atoms with Crippen LogP contribution < -0.4 is 4.74 Å². The monoisotopic (exact) mass is 402 g/mol. The standard InChI is InChI=1S/C30H26O/c1-23-27(21-19-25-11-5-3-6-12-25)15-9-17-29(23)31-30-18-10-16-28(24(30)2)22-20-26-13-7-4-8-14-26/h3-22H,1-2H3. The highest BCUT2D eigenvalue weighted by molar-refractivity contribution is 5.73. The van der Waals surface area contributed by atoms with Gasteiger partial charge in [-0.3, -0.25) is 0 Å². The van der Waals surface area contributed by atoms with Gasteiger partial charge in [0.05, 0.1) is 0 Å². The minimum atomic E-state index is 0.877. The van der Waals surface area contributed by atoms with Crippen LogP contribution in [0.3, 0.4) is 0 Å². The molecule has 0 heterocycles. The molecule has 0 aliphatic carbocycles. The zero-order valence-electron chi connectivity index (χ0n) is 18.0. The number of hydrogen-bond acceptors (Lipinski definition) is 1. The lowest BCUT2D eigenvalue weighted by atomic mass is 10.0. The van der Waals surface area contributed by atoms with E-state index in [9.17, 15) is 0 Å². The lowest BCUT2D eigenvalue weighted by Crippen LogP contribution is -1.93. The Bertz CT molecular complexity index is 1100. The maximum atomic E-state index is 6.36. The van der Waals surface area contributed by atoms with Gasteiger partial charge in [-0.05, 0) is 59.4 Å². The molecule has 4 rings (SSSR count). The summed E-state index contributed by atoms with van der Waals surface area (Å²) in [5.74, 6) is 1.75. The first-order valence-electron chi connectivity index (χ1n) is 10.5.